The van der Waals surface area contributed by atoms with E-state index in [2.05, 4.69) is 25.7 Å². The molecule has 1 aliphatic rings. The van der Waals surface area contributed by atoms with Gasteiger partial charge in [0.25, 0.3) is 0 Å². The van der Waals surface area contributed by atoms with Crippen LogP contribution in [0.25, 0.3) is 0 Å². The lowest BCUT2D eigenvalue weighted by Gasteiger charge is -2.40. The molecule has 4 unspecified atom stereocenters. The minimum absolute atomic E-state index is 0.0964. The number of alkyl halides is 1. The van der Waals surface area contributed by atoms with Gasteiger partial charge in [0, 0.05) is 31.9 Å². The zero-order valence-electron chi connectivity index (χ0n) is 17.0. The molecule has 1 saturated heterocycles. The average Bonchev–Trinajstić information content (AvgIpc) is 2.68. The first-order chi connectivity index (χ1) is 13.8. The quantitative estimate of drug-likeness (QED) is 0.280. The summed E-state index contributed by atoms with van der Waals surface area (Å²) in [5, 5.41) is 8.76. The first kappa shape index (κ1) is 23.4. The number of anilines is 1. The van der Waals surface area contributed by atoms with Crippen LogP contribution in [0.2, 0.25) is 0 Å². The van der Waals surface area contributed by atoms with E-state index in [9.17, 15) is 9.70 Å². The second-order valence-electron chi connectivity index (χ2n) is 7.38. The molecule has 1 aromatic rings. The molecule has 1 aliphatic heterocycles. The van der Waals surface area contributed by atoms with E-state index in [0.29, 0.717) is 31.1 Å². The number of hydrogen-bond acceptors (Lipinski definition) is 9. The van der Waals surface area contributed by atoms with E-state index in [1.807, 2.05) is 26.0 Å². The monoisotopic (exact) mass is 427 g/mol. The molecular weight excluding hydrogens is 398 g/mol. The van der Waals surface area contributed by atoms with Crippen LogP contribution < -0.4 is 21.1 Å². The van der Waals surface area contributed by atoms with Crippen molar-refractivity contribution in [3.63, 3.8) is 0 Å². The molecule has 0 aliphatic carbocycles. The Balaban J connectivity index is 2.10. The number of carbonyl (C=O) groups is 1. The van der Waals surface area contributed by atoms with Gasteiger partial charge in [-0.3, -0.25) is 20.0 Å². The zero-order valence-corrected chi connectivity index (χ0v) is 17.8. The van der Waals surface area contributed by atoms with Crippen molar-refractivity contribution in [2.24, 2.45) is 16.8 Å². The molecule has 2 heterocycles. The number of amides is 1. The summed E-state index contributed by atoms with van der Waals surface area (Å²) in [6.45, 7) is 2.44. The van der Waals surface area contributed by atoms with Gasteiger partial charge in [-0.05, 0) is 27.6 Å². The maximum atomic E-state index is 13.0. The predicted molar refractivity (Wildman–Crippen MR) is 113 cm³/mol. The first-order valence-corrected chi connectivity index (χ1v) is 9.95. The van der Waals surface area contributed by atoms with E-state index in [4.69, 9.17) is 22.1 Å². The van der Waals surface area contributed by atoms with Gasteiger partial charge in [0.05, 0.1) is 24.3 Å². The second kappa shape index (κ2) is 11.4. The lowest BCUT2D eigenvalue weighted by Crippen LogP contribution is -2.62. The number of hydrogen-bond donors (Lipinski definition) is 3. The maximum Gasteiger partial charge on any atom is 0.234 e. The third kappa shape index (κ3) is 6.86. The smallest absolute Gasteiger partial charge is 0.234 e. The summed E-state index contributed by atoms with van der Waals surface area (Å²) in [5.74, 6) is -0.853. The number of nitrogens with zero attached hydrogens (tertiary/aromatic N) is 4. The Morgan fingerprint density at radius 1 is 1.59 bits per heavy atom. The van der Waals surface area contributed by atoms with Gasteiger partial charge in [-0.25, -0.2) is 0 Å². The number of rotatable bonds is 10. The van der Waals surface area contributed by atoms with Crippen molar-refractivity contribution < 1.29 is 9.53 Å². The highest BCUT2D eigenvalue weighted by atomic mass is 35.5. The van der Waals surface area contributed by atoms with Gasteiger partial charge in [0.2, 0.25) is 5.91 Å². The van der Waals surface area contributed by atoms with Crippen molar-refractivity contribution in [1.29, 1.82) is 0 Å². The number of nitrogens with one attached hydrogen (secondary N) is 2. The highest BCUT2D eigenvalue weighted by molar-refractivity contribution is 6.21. The fourth-order valence-corrected chi connectivity index (χ4v) is 3.53. The number of carbonyl (C=O) groups excluding carboxylic acids is 1. The average molecular weight is 428 g/mol. The van der Waals surface area contributed by atoms with E-state index < -0.39 is 24.2 Å². The number of halogens is 1. The minimum Gasteiger partial charge on any atom is -0.491 e. The van der Waals surface area contributed by atoms with Crippen LogP contribution in [0, 0.1) is 10.8 Å². The fourth-order valence-electron chi connectivity index (χ4n) is 3.23. The van der Waals surface area contributed by atoms with Crippen LogP contribution in [0.1, 0.15) is 6.42 Å². The standard InChI is InChI=1S/C18H30ClN7O3/c1-25(2)7-4-8-29-14-5-6-21-10-13(14)23-18(27)15(16(20)24-28)17-22-9-12(19)11-26(17)3/h5-6,10,12,15-17,22H,4,7-9,11,20H2,1-3H3,(H,23,27). The van der Waals surface area contributed by atoms with E-state index in [1.54, 1.807) is 12.3 Å². The van der Waals surface area contributed by atoms with E-state index >= 15 is 0 Å². The van der Waals surface area contributed by atoms with Gasteiger partial charge in [-0.1, -0.05) is 5.18 Å². The van der Waals surface area contributed by atoms with Crippen molar-refractivity contribution >= 4 is 23.2 Å². The van der Waals surface area contributed by atoms with Crippen molar-refractivity contribution in [2.45, 2.75) is 24.1 Å². The van der Waals surface area contributed by atoms with Crippen LogP contribution in [0.4, 0.5) is 5.69 Å². The summed E-state index contributed by atoms with van der Waals surface area (Å²) < 4.78 is 5.79. The summed E-state index contributed by atoms with van der Waals surface area (Å²) in [6.07, 6.45) is 2.23. The van der Waals surface area contributed by atoms with Crippen LogP contribution in [0.15, 0.2) is 23.6 Å². The molecule has 0 saturated carbocycles. The Labute approximate surface area is 176 Å². The Kier molecular flexibility index (Phi) is 9.18. The van der Waals surface area contributed by atoms with E-state index in [-0.39, 0.29) is 5.38 Å². The molecule has 162 valence electrons. The molecule has 0 bridgehead atoms. The van der Waals surface area contributed by atoms with Gasteiger partial charge >= 0.3 is 0 Å². The third-order valence-corrected chi connectivity index (χ3v) is 4.98. The van der Waals surface area contributed by atoms with Crippen molar-refractivity contribution in [1.82, 2.24) is 20.1 Å². The summed E-state index contributed by atoms with van der Waals surface area (Å²) in [4.78, 5) is 32.2. The van der Waals surface area contributed by atoms with Crippen LogP contribution >= 0.6 is 11.6 Å². The molecule has 0 radical (unpaired) electrons. The van der Waals surface area contributed by atoms with E-state index in [0.717, 1.165) is 13.0 Å². The lowest BCUT2D eigenvalue weighted by atomic mass is 9.98. The SMILES string of the molecule is CN(C)CCCOc1ccncc1NC(=O)C(C(N)N=O)C1NCC(Cl)CN1C. The molecule has 4 atom stereocenters. The Morgan fingerprint density at radius 3 is 3.00 bits per heavy atom. The summed E-state index contributed by atoms with van der Waals surface area (Å²) in [5.41, 5.74) is 6.29. The number of nitroso groups, excluding NO2 is 1. The van der Waals surface area contributed by atoms with Crippen molar-refractivity contribution in [3.05, 3.63) is 23.4 Å². The van der Waals surface area contributed by atoms with Gasteiger partial charge < -0.3 is 20.7 Å². The minimum atomic E-state index is -1.22. The van der Waals surface area contributed by atoms with Crippen LogP contribution in [0.5, 0.6) is 5.75 Å². The van der Waals surface area contributed by atoms with Gasteiger partial charge in [0.1, 0.15) is 17.4 Å². The van der Waals surface area contributed by atoms with Crippen LogP contribution in [-0.2, 0) is 4.79 Å². The molecule has 0 spiro atoms. The summed E-state index contributed by atoms with van der Waals surface area (Å²) >= 11 is 6.16. The van der Waals surface area contributed by atoms with Gasteiger partial charge in [-0.2, -0.15) is 0 Å². The first-order valence-electron chi connectivity index (χ1n) is 9.51. The van der Waals surface area contributed by atoms with Crippen molar-refractivity contribution in [2.75, 3.05) is 52.7 Å². The lowest BCUT2D eigenvalue weighted by molar-refractivity contribution is -0.123. The Morgan fingerprint density at radius 2 is 2.34 bits per heavy atom. The second-order valence-corrected chi connectivity index (χ2v) is 8.00. The normalized spacial score (nSPS) is 22.1. The molecular formula is C18H30ClN7O3. The molecule has 29 heavy (non-hydrogen) atoms. The highest BCUT2D eigenvalue weighted by Crippen LogP contribution is 2.25. The molecule has 10 nitrogen and oxygen atoms in total. The Bertz CT molecular complexity index is 679. The molecule has 1 aromatic heterocycles. The zero-order chi connectivity index (χ0) is 21.4. The number of aromatic nitrogens is 1. The summed E-state index contributed by atoms with van der Waals surface area (Å²) in [7, 11) is 5.80. The molecule has 11 heteroatoms. The molecule has 2 rings (SSSR count). The van der Waals surface area contributed by atoms with Gasteiger partial charge in [-0.15, -0.1) is 16.5 Å². The molecule has 4 N–H and O–H groups in total. The van der Waals surface area contributed by atoms with E-state index in [1.165, 1.54) is 6.20 Å². The summed E-state index contributed by atoms with van der Waals surface area (Å²) in [6, 6.07) is 1.68. The van der Waals surface area contributed by atoms with Crippen molar-refractivity contribution in [3.8, 4) is 5.75 Å². The largest absolute Gasteiger partial charge is 0.491 e. The topological polar surface area (TPSA) is 125 Å². The van der Waals surface area contributed by atoms with Crippen LogP contribution in [0.3, 0.4) is 0 Å². The highest BCUT2D eigenvalue weighted by Gasteiger charge is 2.39. The number of ether oxygens (including phenoxy) is 1. The van der Waals surface area contributed by atoms with Gasteiger partial charge in [0.15, 0.2) is 6.17 Å². The third-order valence-electron chi connectivity index (χ3n) is 4.69. The number of nitrogens with two attached hydrogens (primary N) is 1. The molecule has 0 aromatic carbocycles. The molecule has 1 fully saturated rings. The fraction of sp³-hybridized carbons (Fsp3) is 0.667. The molecule has 1 amide bonds. The number of pyridine rings is 1. The van der Waals surface area contributed by atoms with Crippen LogP contribution in [-0.4, -0.2) is 85.8 Å². The Hall–Kier alpha value is -1.85. The predicted octanol–water partition coefficient (Wildman–Crippen LogP) is 0.487. The maximum absolute atomic E-state index is 13.0.